The van der Waals surface area contributed by atoms with Crippen LogP contribution in [0.1, 0.15) is 27.2 Å². The first-order valence-electron chi connectivity index (χ1n) is 11.8. The lowest BCUT2D eigenvalue weighted by atomic mass is 9.79. The van der Waals surface area contributed by atoms with E-state index in [1.807, 2.05) is 17.8 Å². The summed E-state index contributed by atoms with van der Waals surface area (Å²) in [6.45, 7) is 6.98. The van der Waals surface area contributed by atoms with Crippen LogP contribution in [-0.4, -0.2) is 20.3 Å². The number of nitrogens with zero attached hydrogens (tertiary/aromatic N) is 3. The minimum Gasteiger partial charge on any atom is -0.300 e. The molecule has 4 aromatic rings. The van der Waals surface area contributed by atoms with Gasteiger partial charge < -0.3 is 0 Å². The van der Waals surface area contributed by atoms with Crippen LogP contribution >= 0.6 is 11.8 Å². The molecule has 2 aliphatic rings. The van der Waals surface area contributed by atoms with Crippen molar-refractivity contribution in [2.75, 3.05) is 4.90 Å². The normalized spacial score (nSPS) is 20.9. The van der Waals surface area contributed by atoms with Gasteiger partial charge in [-0.15, -0.1) is 11.8 Å². The predicted octanol–water partition coefficient (Wildman–Crippen LogP) is 7.96. The summed E-state index contributed by atoms with van der Waals surface area (Å²) < 4.78 is -0.0256. The first-order chi connectivity index (χ1) is 16.5. The van der Waals surface area contributed by atoms with Crippen LogP contribution in [0.2, 0.25) is 0 Å². The summed E-state index contributed by atoms with van der Waals surface area (Å²) in [5.74, 6) is 0.732. The van der Waals surface area contributed by atoms with Crippen molar-refractivity contribution in [3.05, 3.63) is 103 Å². The third-order valence-corrected chi connectivity index (χ3v) is 8.38. The van der Waals surface area contributed by atoms with Gasteiger partial charge in [-0.2, -0.15) is 0 Å². The van der Waals surface area contributed by atoms with Gasteiger partial charge in [0, 0.05) is 20.6 Å². The second kappa shape index (κ2) is 7.85. The minimum atomic E-state index is -0.324. The number of para-hydroxylation sites is 2. The van der Waals surface area contributed by atoms with E-state index in [4.69, 9.17) is 9.97 Å². The Bertz CT molecular complexity index is 1450. The molecule has 4 heteroatoms. The minimum absolute atomic E-state index is 0.0256. The van der Waals surface area contributed by atoms with Crippen LogP contribution in [0.15, 0.2) is 108 Å². The molecule has 2 heterocycles. The molecule has 1 atom stereocenters. The van der Waals surface area contributed by atoms with Crippen molar-refractivity contribution in [2.45, 2.75) is 42.4 Å². The molecule has 1 aliphatic heterocycles. The molecule has 6 rings (SSSR count). The van der Waals surface area contributed by atoms with E-state index in [9.17, 15) is 0 Å². The molecule has 3 nitrogen and oxygen atoms in total. The molecular weight excluding hydrogens is 434 g/mol. The molecule has 0 saturated heterocycles. The monoisotopic (exact) mass is 461 g/mol. The fourth-order valence-corrected chi connectivity index (χ4v) is 6.92. The van der Waals surface area contributed by atoms with Gasteiger partial charge in [0.1, 0.15) is 0 Å². The number of allylic oxidation sites excluding steroid dienone is 3. The molecule has 168 valence electrons. The molecule has 0 spiro atoms. The van der Waals surface area contributed by atoms with E-state index in [1.54, 1.807) is 0 Å². The summed E-state index contributed by atoms with van der Waals surface area (Å²) in [6, 6.07) is 27.4. The Balaban J connectivity index is 1.66. The number of anilines is 2. The zero-order valence-electron chi connectivity index (χ0n) is 19.7. The highest BCUT2D eigenvalue weighted by Gasteiger charge is 2.47. The topological polar surface area (TPSA) is 29.0 Å². The van der Waals surface area contributed by atoms with E-state index >= 15 is 0 Å². The van der Waals surface area contributed by atoms with Gasteiger partial charge in [-0.05, 0) is 51.0 Å². The lowest BCUT2D eigenvalue weighted by molar-refractivity contribution is 0.521. The summed E-state index contributed by atoms with van der Waals surface area (Å²) in [6.07, 6.45) is 7.78. The highest BCUT2D eigenvalue weighted by Crippen LogP contribution is 2.56. The third kappa shape index (κ3) is 3.28. The van der Waals surface area contributed by atoms with Crippen molar-refractivity contribution in [1.29, 1.82) is 0 Å². The third-order valence-electron chi connectivity index (χ3n) is 6.97. The Morgan fingerprint density at radius 3 is 2.41 bits per heavy atom. The van der Waals surface area contributed by atoms with Crippen molar-refractivity contribution in [1.82, 2.24) is 9.97 Å². The molecule has 0 N–H and O–H groups in total. The number of rotatable bonds is 2. The van der Waals surface area contributed by atoms with E-state index < -0.39 is 0 Å². The van der Waals surface area contributed by atoms with E-state index in [-0.39, 0.29) is 10.3 Å². The summed E-state index contributed by atoms with van der Waals surface area (Å²) in [7, 11) is 0. The van der Waals surface area contributed by atoms with Gasteiger partial charge in [0.05, 0.1) is 22.4 Å². The van der Waals surface area contributed by atoms with Crippen LogP contribution in [0.3, 0.4) is 0 Å². The average Bonchev–Trinajstić information content (AvgIpc) is 2.93. The van der Waals surface area contributed by atoms with Crippen molar-refractivity contribution in [3.63, 3.8) is 0 Å². The lowest BCUT2D eigenvalue weighted by Crippen LogP contribution is -2.48. The molecule has 34 heavy (non-hydrogen) atoms. The number of fused-ring (bicyclic) bond motifs is 3. The van der Waals surface area contributed by atoms with Crippen LogP contribution in [0.5, 0.6) is 0 Å². The Labute approximate surface area is 205 Å². The van der Waals surface area contributed by atoms with E-state index in [0.717, 1.165) is 40.2 Å². The van der Waals surface area contributed by atoms with E-state index in [1.165, 1.54) is 10.5 Å². The molecule has 0 amide bonds. The largest absolute Gasteiger partial charge is 0.300 e. The molecule has 0 bridgehead atoms. The summed E-state index contributed by atoms with van der Waals surface area (Å²) >= 11 is 1.95. The van der Waals surface area contributed by atoms with Crippen molar-refractivity contribution in [2.24, 2.45) is 0 Å². The van der Waals surface area contributed by atoms with Crippen LogP contribution in [0, 0.1) is 0 Å². The maximum Gasteiger partial charge on any atom is 0.231 e. The highest BCUT2D eigenvalue weighted by atomic mass is 32.2. The zero-order chi connectivity index (χ0) is 23.3. The molecule has 0 saturated carbocycles. The number of hydrogen-bond donors (Lipinski definition) is 0. The second-order valence-corrected chi connectivity index (χ2v) is 11.2. The Kier molecular flexibility index (Phi) is 4.89. The first-order valence-corrected chi connectivity index (χ1v) is 12.6. The summed E-state index contributed by atoms with van der Waals surface area (Å²) in [4.78, 5) is 14.0. The summed E-state index contributed by atoms with van der Waals surface area (Å²) in [5, 5.41) is 1.07. The zero-order valence-corrected chi connectivity index (χ0v) is 20.5. The van der Waals surface area contributed by atoms with Gasteiger partial charge in [0.15, 0.2) is 0 Å². The highest BCUT2D eigenvalue weighted by molar-refractivity contribution is 8.01. The van der Waals surface area contributed by atoms with Gasteiger partial charge in [0.25, 0.3) is 0 Å². The maximum atomic E-state index is 5.25. The quantitative estimate of drug-likeness (QED) is 0.303. The van der Waals surface area contributed by atoms with Crippen LogP contribution in [0.25, 0.3) is 22.2 Å². The molecular formula is C30H27N3S. The standard InChI is InChI=1S/C30H27N3S/c1-29(2)26-19-11-12-20-30(26,3)34-25-18-10-9-17-24(25)33(29)28-31-23-16-8-7-15-22(23)27(32-28)21-13-5-4-6-14-21/h4-19H,20H2,1-3H3. The molecule has 3 aromatic carbocycles. The Hall–Kier alpha value is -3.37. The molecule has 1 unspecified atom stereocenters. The average molecular weight is 462 g/mol. The SMILES string of the molecule is CC12CC=CC=C1C(C)(C)N(c1nc(-c3ccccc3)c3ccccc3n1)c1ccccc1S2. The molecule has 1 aromatic heterocycles. The Morgan fingerprint density at radius 1 is 0.824 bits per heavy atom. The van der Waals surface area contributed by atoms with E-state index in [0.29, 0.717) is 0 Å². The maximum absolute atomic E-state index is 5.25. The van der Waals surface area contributed by atoms with Gasteiger partial charge in [-0.25, -0.2) is 9.97 Å². The second-order valence-electron chi connectivity index (χ2n) is 9.66. The first kappa shape index (κ1) is 21.2. The fraction of sp³-hybridized carbons (Fsp3) is 0.200. The number of aromatic nitrogens is 2. The van der Waals surface area contributed by atoms with Crippen LogP contribution < -0.4 is 4.90 Å². The van der Waals surface area contributed by atoms with Crippen LogP contribution in [0.4, 0.5) is 11.6 Å². The molecule has 0 fully saturated rings. The molecule has 1 aliphatic carbocycles. The van der Waals surface area contributed by atoms with E-state index in [2.05, 4.69) is 117 Å². The van der Waals surface area contributed by atoms with Gasteiger partial charge in [0.2, 0.25) is 5.95 Å². The van der Waals surface area contributed by atoms with Gasteiger partial charge in [-0.1, -0.05) is 78.9 Å². The Morgan fingerprint density at radius 2 is 1.56 bits per heavy atom. The number of thioether (sulfide) groups is 1. The van der Waals surface area contributed by atoms with Crippen molar-refractivity contribution in [3.8, 4) is 11.3 Å². The van der Waals surface area contributed by atoms with Gasteiger partial charge >= 0.3 is 0 Å². The predicted molar refractivity (Wildman–Crippen MR) is 144 cm³/mol. The fourth-order valence-electron chi connectivity index (χ4n) is 5.42. The lowest BCUT2D eigenvalue weighted by Gasteiger charge is -2.44. The smallest absolute Gasteiger partial charge is 0.231 e. The van der Waals surface area contributed by atoms with Crippen molar-refractivity contribution < 1.29 is 0 Å². The van der Waals surface area contributed by atoms with Crippen molar-refractivity contribution >= 4 is 34.3 Å². The molecule has 0 radical (unpaired) electrons. The summed E-state index contributed by atoms with van der Waals surface area (Å²) in [5.41, 5.74) is 5.24. The number of benzene rings is 3. The van der Waals surface area contributed by atoms with Gasteiger partial charge in [-0.3, -0.25) is 4.90 Å². The number of hydrogen-bond acceptors (Lipinski definition) is 4. The van der Waals surface area contributed by atoms with Crippen LogP contribution in [-0.2, 0) is 0 Å².